The number of primary amides is 1. The number of nitrogens with one attached hydrogen (secondary N) is 1. The van der Waals surface area contributed by atoms with Gasteiger partial charge in [-0.05, 0) is 23.8 Å². The van der Waals surface area contributed by atoms with E-state index in [4.69, 9.17) is 10.5 Å². The van der Waals surface area contributed by atoms with Gasteiger partial charge in [-0.1, -0.05) is 30.3 Å². The Morgan fingerprint density at radius 3 is 2.86 bits per heavy atom. The molecular formula is C15H14FN3O2. The summed E-state index contributed by atoms with van der Waals surface area (Å²) in [5.41, 5.74) is 8.18. The summed E-state index contributed by atoms with van der Waals surface area (Å²) in [6, 6.07) is 12.7. The first kappa shape index (κ1) is 14.5. The Morgan fingerprint density at radius 1 is 1.29 bits per heavy atom. The van der Waals surface area contributed by atoms with Crippen molar-refractivity contribution in [2.45, 2.75) is 6.61 Å². The van der Waals surface area contributed by atoms with Crippen LogP contribution >= 0.6 is 0 Å². The molecule has 0 heterocycles. The van der Waals surface area contributed by atoms with E-state index in [-0.39, 0.29) is 12.4 Å². The third-order valence-electron chi connectivity index (χ3n) is 2.60. The molecule has 0 aliphatic carbocycles. The summed E-state index contributed by atoms with van der Waals surface area (Å²) in [6.45, 7) is 0.132. The maximum absolute atomic E-state index is 13.5. The average molecular weight is 287 g/mol. The van der Waals surface area contributed by atoms with Crippen molar-refractivity contribution in [2.75, 3.05) is 0 Å². The molecule has 3 N–H and O–H groups in total. The standard InChI is InChI=1S/C15H14FN3O2/c16-14-7-2-1-5-12(14)10-21-13-6-3-4-11(8-13)9-18-19-15(17)20/h1-9H,10H2,(H3,17,19,20)/b18-9+. The van der Waals surface area contributed by atoms with Crippen molar-refractivity contribution < 1.29 is 13.9 Å². The van der Waals surface area contributed by atoms with Gasteiger partial charge >= 0.3 is 6.03 Å². The maximum atomic E-state index is 13.5. The van der Waals surface area contributed by atoms with Crippen molar-refractivity contribution >= 4 is 12.2 Å². The summed E-state index contributed by atoms with van der Waals surface area (Å²) in [4.78, 5) is 10.5. The van der Waals surface area contributed by atoms with Crippen LogP contribution in [-0.4, -0.2) is 12.2 Å². The SMILES string of the molecule is NC(=O)N/N=C/c1cccc(OCc2ccccc2F)c1. The zero-order valence-corrected chi connectivity index (χ0v) is 11.1. The van der Waals surface area contributed by atoms with Crippen molar-refractivity contribution in [1.29, 1.82) is 0 Å². The van der Waals surface area contributed by atoms with Crippen LogP contribution in [0.2, 0.25) is 0 Å². The summed E-state index contributed by atoms with van der Waals surface area (Å²) in [6.07, 6.45) is 1.43. The molecule has 0 saturated carbocycles. The molecule has 0 atom stereocenters. The van der Waals surface area contributed by atoms with E-state index < -0.39 is 6.03 Å². The number of nitrogens with zero attached hydrogens (tertiary/aromatic N) is 1. The lowest BCUT2D eigenvalue weighted by molar-refractivity contribution is 0.249. The predicted molar refractivity (Wildman–Crippen MR) is 77.5 cm³/mol. The van der Waals surface area contributed by atoms with Crippen LogP contribution in [0.3, 0.4) is 0 Å². The van der Waals surface area contributed by atoms with Gasteiger partial charge in [0.05, 0.1) is 6.21 Å². The van der Waals surface area contributed by atoms with Gasteiger partial charge in [0.25, 0.3) is 0 Å². The predicted octanol–water partition coefficient (Wildman–Crippen LogP) is 2.41. The number of hydrogen-bond donors (Lipinski definition) is 2. The van der Waals surface area contributed by atoms with Crippen LogP contribution < -0.4 is 15.9 Å². The van der Waals surface area contributed by atoms with Crippen LogP contribution in [0.25, 0.3) is 0 Å². The highest BCUT2D eigenvalue weighted by Crippen LogP contribution is 2.15. The monoisotopic (exact) mass is 287 g/mol. The molecule has 0 saturated heterocycles. The van der Waals surface area contributed by atoms with Crippen LogP contribution in [0.1, 0.15) is 11.1 Å². The van der Waals surface area contributed by atoms with E-state index in [1.54, 1.807) is 42.5 Å². The Morgan fingerprint density at radius 2 is 2.10 bits per heavy atom. The average Bonchev–Trinajstić information content (AvgIpc) is 2.46. The number of halogens is 1. The Kier molecular flexibility index (Phi) is 4.87. The van der Waals surface area contributed by atoms with Crippen molar-refractivity contribution in [3.05, 3.63) is 65.5 Å². The molecule has 5 nitrogen and oxygen atoms in total. The molecule has 0 spiro atoms. The molecular weight excluding hydrogens is 273 g/mol. The smallest absolute Gasteiger partial charge is 0.332 e. The normalized spacial score (nSPS) is 10.5. The van der Waals surface area contributed by atoms with Crippen LogP contribution in [0, 0.1) is 5.82 Å². The van der Waals surface area contributed by atoms with Gasteiger partial charge in [-0.15, -0.1) is 0 Å². The number of carbonyl (C=O) groups excluding carboxylic acids is 1. The highest BCUT2D eigenvalue weighted by molar-refractivity contribution is 5.81. The van der Waals surface area contributed by atoms with Gasteiger partial charge in [0.1, 0.15) is 18.2 Å². The van der Waals surface area contributed by atoms with Crippen LogP contribution in [0.15, 0.2) is 53.6 Å². The number of urea groups is 1. The lowest BCUT2D eigenvalue weighted by Gasteiger charge is -2.07. The minimum absolute atomic E-state index is 0.132. The third kappa shape index (κ3) is 4.61. The number of carbonyl (C=O) groups is 1. The molecule has 2 rings (SSSR count). The summed E-state index contributed by atoms with van der Waals surface area (Å²) in [5.74, 6) is 0.266. The second-order valence-electron chi connectivity index (χ2n) is 4.19. The van der Waals surface area contributed by atoms with Crippen molar-refractivity contribution in [3.8, 4) is 5.75 Å². The molecule has 0 radical (unpaired) electrons. The first-order valence-electron chi connectivity index (χ1n) is 6.20. The van der Waals surface area contributed by atoms with Gasteiger partial charge < -0.3 is 10.5 Å². The molecule has 0 unspecified atom stereocenters. The van der Waals surface area contributed by atoms with Crippen LogP contribution in [0.5, 0.6) is 5.75 Å². The van der Waals surface area contributed by atoms with Crippen LogP contribution in [0.4, 0.5) is 9.18 Å². The fourth-order valence-electron chi connectivity index (χ4n) is 1.63. The zero-order valence-electron chi connectivity index (χ0n) is 11.1. The lowest BCUT2D eigenvalue weighted by atomic mass is 10.2. The quantitative estimate of drug-likeness (QED) is 0.654. The minimum atomic E-state index is -0.738. The fraction of sp³-hybridized carbons (Fsp3) is 0.0667. The lowest BCUT2D eigenvalue weighted by Crippen LogP contribution is -2.24. The van der Waals surface area contributed by atoms with Crippen molar-refractivity contribution in [1.82, 2.24) is 5.43 Å². The van der Waals surface area contributed by atoms with E-state index in [9.17, 15) is 9.18 Å². The molecule has 21 heavy (non-hydrogen) atoms. The molecule has 0 fully saturated rings. The van der Waals surface area contributed by atoms with E-state index in [1.807, 2.05) is 0 Å². The Hall–Kier alpha value is -2.89. The number of nitrogens with two attached hydrogens (primary N) is 1. The highest BCUT2D eigenvalue weighted by Gasteiger charge is 2.02. The highest BCUT2D eigenvalue weighted by atomic mass is 19.1. The first-order valence-corrected chi connectivity index (χ1v) is 6.20. The van der Waals surface area contributed by atoms with Gasteiger partial charge in [-0.25, -0.2) is 14.6 Å². The van der Waals surface area contributed by atoms with Crippen molar-refractivity contribution in [2.24, 2.45) is 10.8 Å². The van der Waals surface area contributed by atoms with E-state index in [0.29, 0.717) is 11.3 Å². The van der Waals surface area contributed by atoms with Crippen LogP contribution in [-0.2, 0) is 6.61 Å². The van der Waals surface area contributed by atoms with E-state index in [1.165, 1.54) is 12.3 Å². The molecule has 108 valence electrons. The summed E-state index contributed by atoms with van der Waals surface area (Å²) in [7, 11) is 0. The maximum Gasteiger partial charge on any atom is 0.332 e. The van der Waals surface area contributed by atoms with E-state index in [0.717, 1.165) is 5.56 Å². The largest absolute Gasteiger partial charge is 0.489 e. The molecule has 0 aromatic heterocycles. The summed E-state index contributed by atoms with van der Waals surface area (Å²) < 4.78 is 19.0. The second-order valence-corrected chi connectivity index (χ2v) is 4.19. The number of ether oxygens (including phenoxy) is 1. The van der Waals surface area contributed by atoms with Gasteiger partial charge in [0, 0.05) is 5.56 Å². The molecule has 0 bridgehead atoms. The molecule has 2 aromatic carbocycles. The minimum Gasteiger partial charge on any atom is -0.489 e. The van der Waals surface area contributed by atoms with Gasteiger partial charge in [0.15, 0.2) is 0 Å². The Labute approximate surface area is 121 Å². The Bertz CT molecular complexity index is 659. The summed E-state index contributed by atoms with van der Waals surface area (Å²) >= 11 is 0. The van der Waals surface area contributed by atoms with E-state index >= 15 is 0 Å². The molecule has 0 aliphatic rings. The first-order chi connectivity index (χ1) is 10.1. The number of rotatable bonds is 5. The Balaban J connectivity index is 1.99. The van der Waals surface area contributed by atoms with Gasteiger partial charge in [-0.2, -0.15) is 5.10 Å². The van der Waals surface area contributed by atoms with Gasteiger partial charge in [-0.3, -0.25) is 0 Å². The number of amides is 2. The molecule has 2 aromatic rings. The van der Waals surface area contributed by atoms with E-state index in [2.05, 4.69) is 10.5 Å². The number of hydrazone groups is 1. The topological polar surface area (TPSA) is 76.7 Å². The molecule has 0 aliphatic heterocycles. The molecule has 6 heteroatoms. The fourth-order valence-corrected chi connectivity index (χ4v) is 1.63. The van der Waals surface area contributed by atoms with Crippen molar-refractivity contribution in [3.63, 3.8) is 0 Å². The zero-order chi connectivity index (χ0) is 15.1. The molecule has 2 amide bonds. The number of hydrogen-bond acceptors (Lipinski definition) is 3. The second kappa shape index (κ2) is 7.04. The number of benzene rings is 2. The third-order valence-corrected chi connectivity index (χ3v) is 2.60. The summed E-state index contributed by atoms with van der Waals surface area (Å²) in [5, 5.41) is 3.65. The van der Waals surface area contributed by atoms with Gasteiger partial charge in [0.2, 0.25) is 0 Å².